The normalized spacial score (nSPS) is 10.3. The number of hydrogen-bond donors (Lipinski definition) is 1. The summed E-state index contributed by atoms with van der Waals surface area (Å²) in [6.07, 6.45) is 5.40. The van der Waals surface area contributed by atoms with Gasteiger partial charge in [-0.1, -0.05) is 12.1 Å². The number of nitrogens with zero attached hydrogens (tertiary/aromatic N) is 3. The summed E-state index contributed by atoms with van der Waals surface area (Å²) in [6.45, 7) is 0.722. The van der Waals surface area contributed by atoms with Crippen molar-refractivity contribution in [2.75, 3.05) is 12.4 Å². The molecule has 0 saturated heterocycles. The highest BCUT2D eigenvalue weighted by atomic mass is 16.5. The Labute approximate surface area is 123 Å². The van der Waals surface area contributed by atoms with Crippen LogP contribution in [0.3, 0.4) is 0 Å². The Morgan fingerprint density at radius 1 is 1.19 bits per heavy atom. The summed E-state index contributed by atoms with van der Waals surface area (Å²) in [4.78, 5) is 4.38. The molecule has 3 aromatic rings. The molecule has 106 valence electrons. The van der Waals surface area contributed by atoms with E-state index in [2.05, 4.69) is 21.5 Å². The SMILES string of the molecule is COc1cccc(CNc2ccc(-n3cccn3)nc2)c1. The third-order valence-corrected chi connectivity index (χ3v) is 3.12. The first kappa shape index (κ1) is 13.2. The average molecular weight is 280 g/mol. The number of anilines is 1. The highest BCUT2D eigenvalue weighted by molar-refractivity contribution is 5.44. The third kappa shape index (κ3) is 3.20. The molecule has 0 amide bonds. The van der Waals surface area contributed by atoms with Crippen molar-refractivity contribution < 1.29 is 4.74 Å². The van der Waals surface area contributed by atoms with Gasteiger partial charge in [-0.3, -0.25) is 0 Å². The molecule has 0 radical (unpaired) electrons. The second-order valence-electron chi connectivity index (χ2n) is 4.56. The lowest BCUT2D eigenvalue weighted by molar-refractivity contribution is 0.414. The van der Waals surface area contributed by atoms with Crippen molar-refractivity contribution >= 4 is 5.69 Å². The monoisotopic (exact) mass is 280 g/mol. The number of hydrogen-bond acceptors (Lipinski definition) is 4. The number of rotatable bonds is 5. The molecule has 5 heteroatoms. The highest BCUT2D eigenvalue weighted by Gasteiger charge is 1.99. The maximum atomic E-state index is 5.21. The molecule has 2 heterocycles. The molecule has 3 rings (SSSR count). The van der Waals surface area contributed by atoms with Crippen LogP contribution in [0, 0.1) is 0 Å². The summed E-state index contributed by atoms with van der Waals surface area (Å²) < 4.78 is 6.94. The number of benzene rings is 1. The van der Waals surface area contributed by atoms with Crippen LogP contribution in [0.25, 0.3) is 5.82 Å². The topological polar surface area (TPSA) is 52.0 Å². The summed E-state index contributed by atoms with van der Waals surface area (Å²) in [7, 11) is 1.67. The fraction of sp³-hybridized carbons (Fsp3) is 0.125. The van der Waals surface area contributed by atoms with Crippen LogP contribution in [0.4, 0.5) is 5.69 Å². The van der Waals surface area contributed by atoms with Gasteiger partial charge in [-0.2, -0.15) is 5.10 Å². The van der Waals surface area contributed by atoms with Crippen LogP contribution in [0.5, 0.6) is 5.75 Å². The van der Waals surface area contributed by atoms with Crippen molar-refractivity contribution in [3.05, 3.63) is 66.6 Å². The van der Waals surface area contributed by atoms with Gasteiger partial charge in [-0.05, 0) is 35.9 Å². The Morgan fingerprint density at radius 3 is 2.86 bits per heavy atom. The first-order valence-corrected chi connectivity index (χ1v) is 6.68. The second-order valence-corrected chi connectivity index (χ2v) is 4.56. The standard InChI is InChI=1S/C16H16N4O/c1-21-15-5-2-4-13(10-15)11-17-14-6-7-16(18-12-14)20-9-3-8-19-20/h2-10,12,17H,11H2,1H3. The molecule has 0 bridgehead atoms. The van der Waals surface area contributed by atoms with E-state index in [1.807, 2.05) is 42.6 Å². The smallest absolute Gasteiger partial charge is 0.153 e. The van der Waals surface area contributed by atoms with Crippen LogP contribution in [-0.2, 0) is 6.54 Å². The Hall–Kier alpha value is -2.82. The fourth-order valence-electron chi connectivity index (χ4n) is 2.02. The van der Waals surface area contributed by atoms with Gasteiger partial charge in [-0.15, -0.1) is 0 Å². The van der Waals surface area contributed by atoms with Crippen molar-refractivity contribution in [3.63, 3.8) is 0 Å². The number of aromatic nitrogens is 3. The lowest BCUT2D eigenvalue weighted by Crippen LogP contribution is -2.02. The maximum absolute atomic E-state index is 5.21. The highest BCUT2D eigenvalue weighted by Crippen LogP contribution is 2.15. The minimum Gasteiger partial charge on any atom is -0.497 e. The van der Waals surface area contributed by atoms with E-state index < -0.39 is 0 Å². The van der Waals surface area contributed by atoms with Gasteiger partial charge in [0, 0.05) is 18.9 Å². The van der Waals surface area contributed by atoms with Crippen LogP contribution >= 0.6 is 0 Å². The molecular formula is C16H16N4O. The van der Waals surface area contributed by atoms with Gasteiger partial charge in [0.2, 0.25) is 0 Å². The molecule has 0 atom stereocenters. The fourth-order valence-corrected chi connectivity index (χ4v) is 2.02. The van der Waals surface area contributed by atoms with E-state index in [1.165, 1.54) is 0 Å². The molecule has 5 nitrogen and oxygen atoms in total. The van der Waals surface area contributed by atoms with E-state index in [0.29, 0.717) is 0 Å². The van der Waals surface area contributed by atoms with Crippen molar-refractivity contribution in [2.45, 2.75) is 6.54 Å². The van der Waals surface area contributed by atoms with E-state index in [-0.39, 0.29) is 0 Å². The summed E-state index contributed by atoms with van der Waals surface area (Å²) in [5.41, 5.74) is 2.12. The van der Waals surface area contributed by atoms with Gasteiger partial charge >= 0.3 is 0 Å². The first-order valence-electron chi connectivity index (χ1n) is 6.68. The Balaban J connectivity index is 1.65. The molecule has 2 aromatic heterocycles. The van der Waals surface area contributed by atoms with Crippen LogP contribution in [0.1, 0.15) is 5.56 Å². The molecule has 0 aliphatic rings. The Kier molecular flexibility index (Phi) is 3.82. The zero-order valence-electron chi connectivity index (χ0n) is 11.7. The third-order valence-electron chi connectivity index (χ3n) is 3.12. The number of ether oxygens (including phenoxy) is 1. The van der Waals surface area contributed by atoms with Crippen LogP contribution in [-0.4, -0.2) is 21.9 Å². The zero-order chi connectivity index (χ0) is 14.5. The van der Waals surface area contributed by atoms with E-state index in [4.69, 9.17) is 4.74 Å². The molecule has 0 saturated carbocycles. The minimum atomic E-state index is 0.722. The maximum Gasteiger partial charge on any atom is 0.153 e. The molecule has 0 fully saturated rings. The van der Waals surface area contributed by atoms with E-state index in [1.54, 1.807) is 24.2 Å². The number of nitrogens with one attached hydrogen (secondary N) is 1. The minimum absolute atomic E-state index is 0.722. The molecule has 0 aliphatic heterocycles. The van der Waals surface area contributed by atoms with Gasteiger partial charge in [0.15, 0.2) is 5.82 Å². The summed E-state index contributed by atoms with van der Waals surface area (Å²) >= 11 is 0. The van der Waals surface area contributed by atoms with Crippen molar-refractivity contribution in [3.8, 4) is 11.6 Å². The molecule has 1 aromatic carbocycles. The molecular weight excluding hydrogens is 264 g/mol. The summed E-state index contributed by atoms with van der Waals surface area (Å²) in [6, 6.07) is 13.8. The molecule has 0 unspecified atom stereocenters. The van der Waals surface area contributed by atoms with Gasteiger partial charge in [0.25, 0.3) is 0 Å². The number of pyridine rings is 1. The summed E-state index contributed by atoms with van der Waals surface area (Å²) in [5, 5.41) is 7.49. The Bertz CT molecular complexity index is 693. The first-order chi connectivity index (χ1) is 10.3. The predicted molar refractivity (Wildman–Crippen MR) is 81.7 cm³/mol. The van der Waals surface area contributed by atoms with Crippen LogP contribution in [0.2, 0.25) is 0 Å². The van der Waals surface area contributed by atoms with Crippen LogP contribution < -0.4 is 10.1 Å². The molecule has 0 spiro atoms. The van der Waals surface area contributed by atoms with Gasteiger partial charge in [0.05, 0.1) is 19.0 Å². The molecule has 0 aliphatic carbocycles. The quantitative estimate of drug-likeness (QED) is 0.780. The predicted octanol–water partition coefficient (Wildman–Crippen LogP) is 2.89. The molecule has 21 heavy (non-hydrogen) atoms. The van der Waals surface area contributed by atoms with Crippen molar-refractivity contribution in [2.24, 2.45) is 0 Å². The summed E-state index contributed by atoms with van der Waals surface area (Å²) in [5.74, 6) is 1.66. The average Bonchev–Trinajstić information content (AvgIpc) is 3.08. The van der Waals surface area contributed by atoms with Crippen molar-refractivity contribution in [1.29, 1.82) is 0 Å². The zero-order valence-corrected chi connectivity index (χ0v) is 11.7. The molecule has 1 N–H and O–H groups in total. The van der Waals surface area contributed by atoms with E-state index in [0.717, 1.165) is 29.4 Å². The largest absolute Gasteiger partial charge is 0.497 e. The van der Waals surface area contributed by atoms with Gasteiger partial charge < -0.3 is 10.1 Å². The van der Waals surface area contributed by atoms with Gasteiger partial charge in [0.1, 0.15) is 5.75 Å². The van der Waals surface area contributed by atoms with E-state index in [9.17, 15) is 0 Å². The lowest BCUT2D eigenvalue weighted by Gasteiger charge is -2.08. The lowest BCUT2D eigenvalue weighted by atomic mass is 10.2. The van der Waals surface area contributed by atoms with Crippen molar-refractivity contribution in [1.82, 2.24) is 14.8 Å². The number of methoxy groups -OCH3 is 1. The van der Waals surface area contributed by atoms with Crippen LogP contribution in [0.15, 0.2) is 61.1 Å². The van der Waals surface area contributed by atoms with Gasteiger partial charge in [-0.25, -0.2) is 9.67 Å². The van der Waals surface area contributed by atoms with E-state index >= 15 is 0 Å². The second kappa shape index (κ2) is 6.09. The Morgan fingerprint density at radius 2 is 2.14 bits per heavy atom.